The first kappa shape index (κ1) is 26.6. The summed E-state index contributed by atoms with van der Waals surface area (Å²) in [4.78, 5) is 0. The van der Waals surface area contributed by atoms with Crippen molar-refractivity contribution in [1.82, 2.24) is 0 Å². The summed E-state index contributed by atoms with van der Waals surface area (Å²) in [6.07, 6.45) is -2.34. The van der Waals surface area contributed by atoms with Crippen LogP contribution in [-0.4, -0.2) is 6.36 Å². The van der Waals surface area contributed by atoms with Crippen LogP contribution in [0.2, 0.25) is 0 Å². The number of hydrogen-bond acceptors (Lipinski definition) is 1. The Kier molecular flexibility index (Phi) is 7.30. The number of fused-ring (bicyclic) bond motifs is 1. The van der Waals surface area contributed by atoms with Gasteiger partial charge in [-0.15, -0.1) is 13.2 Å². The fourth-order valence-electron chi connectivity index (χ4n) is 4.42. The van der Waals surface area contributed by atoms with E-state index in [1.807, 2.05) is 6.92 Å². The summed E-state index contributed by atoms with van der Waals surface area (Å²) in [5, 5.41) is 0. The molecule has 3 aromatic rings. The van der Waals surface area contributed by atoms with E-state index in [0.29, 0.717) is 24.1 Å². The molecule has 10 heteroatoms. The van der Waals surface area contributed by atoms with Crippen LogP contribution in [0.1, 0.15) is 42.0 Å². The number of unbranched alkanes of at least 4 members (excludes halogenated alkanes) is 1. The molecular formula is C27H19F9O. The topological polar surface area (TPSA) is 9.23 Å². The molecule has 0 aromatic heterocycles. The van der Waals surface area contributed by atoms with Crippen LogP contribution in [0.15, 0.2) is 36.4 Å². The third-order valence-corrected chi connectivity index (χ3v) is 6.09. The maximum absolute atomic E-state index is 15.3. The Balaban J connectivity index is 1.69. The second kappa shape index (κ2) is 10.1. The van der Waals surface area contributed by atoms with E-state index in [0.717, 1.165) is 18.9 Å². The molecule has 0 N–H and O–H groups in total. The van der Waals surface area contributed by atoms with Gasteiger partial charge in [-0.3, -0.25) is 0 Å². The van der Waals surface area contributed by atoms with Gasteiger partial charge in [-0.25, -0.2) is 26.3 Å². The molecule has 0 atom stereocenters. The molecular weight excluding hydrogens is 511 g/mol. The van der Waals surface area contributed by atoms with Crippen molar-refractivity contribution in [1.29, 1.82) is 0 Å². The monoisotopic (exact) mass is 530 g/mol. The van der Waals surface area contributed by atoms with Gasteiger partial charge in [0.2, 0.25) is 5.75 Å². The zero-order valence-corrected chi connectivity index (χ0v) is 19.3. The maximum Gasteiger partial charge on any atom is 0.573 e. The number of aryl methyl sites for hydroxylation is 1. The molecule has 4 rings (SSSR count). The first-order valence-corrected chi connectivity index (χ1v) is 11.3. The zero-order chi connectivity index (χ0) is 27.1. The normalized spacial score (nSPS) is 13.4. The van der Waals surface area contributed by atoms with E-state index in [4.69, 9.17) is 0 Å². The number of allylic oxidation sites excluding steroid dienone is 2. The van der Waals surface area contributed by atoms with E-state index in [2.05, 4.69) is 4.74 Å². The Bertz CT molecular complexity index is 1340. The zero-order valence-electron chi connectivity index (χ0n) is 19.3. The van der Waals surface area contributed by atoms with Crippen molar-refractivity contribution in [3.63, 3.8) is 0 Å². The minimum atomic E-state index is -5.38. The largest absolute Gasteiger partial charge is 0.573 e. The Morgan fingerprint density at radius 2 is 1.38 bits per heavy atom. The molecule has 1 aliphatic rings. The molecule has 3 aromatic carbocycles. The standard InChI is InChI=1S/C27H19F9O/c1-2-3-4-13-7-18(28)23(19(29)8-13)14-5-6-17-15(9-14)10-20(30)24(25(17)33)16-11-21(31)26(22(32)12-16)37-27(34,35)36/h5,7-8,10-12H,2-4,6,9H2,1H3. The van der Waals surface area contributed by atoms with E-state index in [1.54, 1.807) is 0 Å². The van der Waals surface area contributed by atoms with Gasteiger partial charge in [0.15, 0.2) is 11.6 Å². The first-order chi connectivity index (χ1) is 17.4. The van der Waals surface area contributed by atoms with Crippen LogP contribution in [0.4, 0.5) is 39.5 Å². The molecule has 0 radical (unpaired) electrons. The van der Waals surface area contributed by atoms with Crippen molar-refractivity contribution in [2.75, 3.05) is 0 Å². The number of alkyl halides is 3. The fraction of sp³-hybridized carbons (Fsp3) is 0.259. The van der Waals surface area contributed by atoms with E-state index in [1.165, 1.54) is 18.2 Å². The highest BCUT2D eigenvalue weighted by atomic mass is 19.4. The molecule has 0 saturated carbocycles. The van der Waals surface area contributed by atoms with Gasteiger partial charge < -0.3 is 4.74 Å². The highest BCUT2D eigenvalue weighted by Crippen LogP contribution is 2.39. The lowest BCUT2D eigenvalue weighted by Crippen LogP contribution is -2.19. The summed E-state index contributed by atoms with van der Waals surface area (Å²) in [7, 11) is 0. The van der Waals surface area contributed by atoms with Gasteiger partial charge in [0, 0.05) is 5.56 Å². The van der Waals surface area contributed by atoms with Crippen LogP contribution in [0, 0.1) is 34.9 Å². The van der Waals surface area contributed by atoms with Crippen molar-refractivity contribution in [2.24, 2.45) is 0 Å². The minimum absolute atomic E-state index is 0.0723. The highest BCUT2D eigenvalue weighted by molar-refractivity contribution is 5.74. The van der Waals surface area contributed by atoms with E-state index in [9.17, 15) is 35.1 Å². The van der Waals surface area contributed by atoms with Crippen LogP contribution >= 0.6 is 0 Å². The van der Waals surface area contributed by atoms with Crippen molar-refractivity contribution >= 4 is 5.57 Å². The molecule has 37 heavy (non-hydrogen) atoms. The van der Waals surface area contributed by atoms with Crippen LogP contribution in [0.5, 0.6) is 5.75 Å². The van der Waals surface area contributed by atoms with Crippen molar-refractivity contribution in [2.45, 2.75) is 45.4 Å². The van der Waals surface area contributed by atoms with Crippen molar-refractivity contribution in [3.8, 4) is 16.9 Å². The molecule has 0 bridgehead atoms. The third kappa shape index (κ3) is 5.47. The summed E-state index contributed by atoms with van der Waals surface area (Å²) in [5.41, 5.74) is -1.17. The van der Waals surface area contributed by atoms with Gasteiger partial charge in [0.1, 0.15) is 23.3 Å². The summed E-state index contributed by atoms with van der Waals surface area (Å²) in [6.45, 7) is 1.94. The number of rotatable bonds is 6. The predicted molar refractivity (Wildman–Crippen MR) is 119 cm³/mol. The molecule has 196 valence electrons. The van der Waals surface area contributed by atoms with Gasteiger partial charge in [-0.2, -0.15) is 0 Å². The summed E-state index contributed by atoms with van der Waals surface area (Å²) in [6, 6.07) is 3.98. The lowest BCUT2D eigenvalue weighted by molar-refractivity contribution is -0.276. The Morgan fingerprint density at radius 3 is 1.95 bits per heavy atom. The summed E-state index contributed by atoms with van der Waals surface area (Å²) in [5.74, 6) is -9.41. The summed E-state index contributed by atoms with van der Waals surface area (Å²) >= 11 is 0. The van der Waals surface area contributed by atoms with E-state index in [-0.39, 0.29) is 35.1 Å². The number of ether oxygens (including phenoxy) is 1. The molecule has 0 unspecified atom stereocenters. The van der Waals surface area contributed by atoms with Crippen LogP contribution in [0.3, 0.4) is 0 Å². The van der Waals surface area contributed by atoms with Crippen LogP contribution in [0.25, 0.3) is 16.7 Å². The van der Waals surface area contributed by atoms with Gasteiger partial charge in [0.05, 0.1) is 5.56 Å². The number of halogens is 9. The quantitative estimate of drug-likeness (QED) is 0.290. The van der Waals surface area contributed by atoms with Gasteiger partial charge in [-0.05, 0) is 83.8 Å². The van der Waals surface area contributed by atoms with E-state index < -0.39 is 58.1 Å². The Labute approximate surface area is 206 Å². The smallest absolute Gasteiger partial charge is 0.399 e. The molecule has 1 aliphatic carbocycles. The average Bonchev–Trinajstić information content (AvgIpc) is 2.79. The van der Waals surface area contributed by atoms with E-state index >= 15 is 4.39 Å². The lowest BCUT2D eigenvalue weighted by atomic mass is 9.85. The first-order valence-electron chi connectivity index (χ1n) is 11.3. The number of hydrogen-bond donors (Lipinski definition) is 0. The van der Waals surface area contributed by atoms with Gasteiger partial charge in [0.25, 0.3) is 0 Å². The second-order valence-electron chi connectivity index (χ2n) is 8.65. The average molecular weight is 530 g/mol. The third-order valence-electron chi connectivity index (χ3n) is 6.09. The minimum Gasteiger partial charge on any atom is -0.399 e. The fourth-order valence-corrected chi connectivity index (χ4v) is 4.42. The molecule has 0 fully saturated rings. The molecule has 0 heterocycles. The van der Waals surface area contributed by atoms with Crippen LogP contribution in [-0.2, 0) is 19.3 Å². The molecule has 0 saturated heterocycles. The lowest BCUT2D eigenvalue weighted by Gasteiger charge is -2.21. The Morgan fingerprint density at radius 1 is 0.784 bits per heavy atom. The van der Waals surface area contributed by atoms with Gasteiger partial charge in [-0.1, -0.05) is 19.4 Å². The highest BCUT2D eigenvalue weighted by Gasteiger charge is 2.35. The summed E-state index contributed by atoms with van der Waals surface area (Å²) < 4.78 is 129. The maximum atomic E-state index is 15.3. The van der Waals surface area contributed by atoms with Gasteiger partial charge >= 0.3 is 6.36 Å². The SMILES string of the molecule is CCCCc1cc(F)c(C2=CCc3c(cc(F)c(-c4cc(F)c(OC(F)(F)F)c(F)c4)c3F)C2)c(F)c1. The Hall–Kier alpha value is -3.43. The molecule has 1 nitrogen and oxygen atoms in total. The molecule has 0 aliphatic heterocycles. The second-order valence-corrected chi connectivity index (χ2v) is 8.65. The van der Waals surface area contributed by atoms with Crippen LogP contribution < -0.4 is 4.74 Å². The number of benzene rings is 3. The molecule has 0 spiro atoms. The van der Waals surface area contributed by atoms with Crippen molar-refractivity contribution < 1.29 is 44.3 Å². The predicted octanol–water partition coefficient (Wildman–Crippen LogP) is 8.61. The molecule has 0 amide bonds. The van der Waals surface area contributed by atoms with Crippen molar-refractivity contribution in [3.05, 3.63) is 93.6 Å².